The Morgan fingerprint density at radius 3 is 2.91 bits per heavy atom. The molecular formula is C16H22N2O2Se2. The molecule has 0 spiro atoms. The number of benzene rings is 1. The van der Waals surface area contributed by atoms with E-state index in [2.05, 4.69) is 10.5 Å². The van der Waals surface area contributed by atoms with E-state index in [1.54, 1.807) is 13.3 Å². The number of carbonyl (C=O) groups excluding carboxylic acids is 1. The van der Waals surface area contributed by atoms with Crippen molar-refractivity contribution in [3.05, 3.63) is 29.8 Å². The summed E-state index contributed by atoms with van der Waals surface area (Å²) in [6, 6.07) is 7.54. The second kappa shape index (κ2) is 10.1. The van der Waals surface area contributed by atoms with E-state index in [1.807, 2.05) is 24.3 Å². The van der Waals surface area contributed by atoms with Gasteiger partial charge in [-0.2, -0.15) is 0 Å². The molecule has 1 N–H and O–H groups in total. The molecule has 120 valence electrons. The number of amides is 1. The van der Waals surface area contributed by atoms with Gasteiger partial charge in [-0.05, 0) is 0 Å². The van der Waals surface area contributed by atoms with Crippen LogP contribution in [-0.2, 0) is 4.79 Å². The molecule has 1 aliphatic heterocycles. The minimum absolute atomic E-state index is 0.00547. The van der Waals surface area contributed by atoms with Crippen LogP contribution in [0.15, 0.2) is 29.4 Å². The Morgan fingerprint density at radius 2 is 2.23 bits per heavy atom. The molecule has 1 fully saturated rings. The SMILES string of the molecule is COc1ccc(/C=N/NC(=O)CCCCC2CC[Se][Se]2)cc1. The molecule has 0 aliphatic carbocycles. The summed E-state index contributed by atoms with van der Waals surface area (Å²) in [6.07, 6.45) is 7.15. The van der Waals surface area contributed by atoms with Crippen LogP contribution in [0.5, 0.6) is 5.75 Å². The number of ether oxygens (including phenoxy) is 1. The van der Waals surface area contributed by atoms with Crippen molar-refractivity contribution in [2.45, 2.75) is 42.2 Å². The van der Waals surface area contributed by atoms with Gasteiger partial charge in [0, 0.05) is 0 Å². The molecule has 1 saturated heterocycles. The van der Waals surface area contributed by atoms with Gasteiger partial charge in [-0.25, -0.2) is 0 Å². The van der Waals surface area contributed by atoms with Crippen LogP contribution in [0.3, 0.4) is 0 Å². The molecule has 1 atom stereocenters. The van der Waals surface area contributed by atoms with Crippen molar-refractivity contribution in [2.24, 2.45) is 5.10 Å². The standard InChI is InChI=1S/C16H22N2O2Se2/c1-20-14-8-6-13(7-9-14)12-17-18-16(19)5-3-2-4-15-10-11-21-22-15/h6-9,12,15H,2-5,10-11H2,1H3,(H,18,19)/b17-12+. The summed E-state index contributed by atoms with van der Waals surface area (Å²) in [7, 11) is 1.64. The first kappa shape index (κ1) is 17.6. The van der Waals surface area contributed by atoms with Gasteiger partial charge in [-0.1, -0.05) is 0 Å². The van der Waals surface area contributed by atoms with Crippen molar-refractivity contribution in [3.8, 4) is 5.75 Å². The van der Waals surface area contributed by atoms with E-state index in [-0.39, 0.29) is 5.91 Å². The van der Waals surface area contributed by atoms with E-state index in [4.69, 9.17) is 4.74 Å². The van der Waals surface area contributed by atoms with Crippen molar-refractivity contribution in [3.63, 3.8) is 0 Å². The number of hydrazone groups is 1. The van der Waals surface area contributed by atoms with E-state index >= 15 is 0 Å². The number of nitrogens with one attached hydrogen (secondary N) is 1. The molecule has 1 amide bonds. The summed E-state index contributed by atoms with van der Waals surface area (Å²) in [6.45, 7) is 0. The van der Waals surface area contributed by atoms with E-state index in [9.17, 15) is 4.79 Å². The fraction of sp³-hybridized carbons (Fsp3) is 0.500. The number of rotatable bonds is 8. The van der Waals surface area contributed by atoms with Gasteiger partial charge in [0.05, 0.1) is 7.11 Å². The Hall–Kier alpha value is -0.801. The average molecular weight is 432 g/mol. The fourth-order valence-electron chi connectivity index (χ4n) is 2.15. The van der Waals surface area contributed by atoms with Gasteiger partial charge in [0.25, 0.3) is 0 Å². The van der Waals surface area contributed by atoms with Gasteiger partial charge in [-0.15, -0.1) is 0 Å². The molecule has 1 aromatic rings. The molecule has 0 aromatic heterocycles. The van der Waals surface area contributed by atoms with E-state index in [0.29, 0.717) is 6.42 Å². The Morgan fingerprint density at radius 1 is 1.41 bits per heavy atom. The number of carbonyl (C=O) groups is 1. The van der Waals surface area contributed by atoms with Crippen molar-refractivity contribution in [2.75, 3.05) is 7.11 Å². The quantitative estimate of drug-likeness (QED) is 0.297. The summed E-state index contributed by atoms with van der Waals surface area (Å²) in [5, 5.41) is 5.48. The summed E-state index contributed by atoms with van der Waals surface area (Å²) in [5.74, 6) is 0.817. The zero-order chi connectivity index (χ0) is 15.6. The second-order valence-electron chi connectivity index (χ2n) is 5.14. The van der Waals surface area contributed by atoms with Crippen molar-refractivity contribution < 1.29 is 9.53 Å². The summed E-state index contributed by atoms with van der Waals surface area (Å²) in [4.78, 5) is 12.7. The van der Waals surface area contributed by atoms with E-state index in [0.717, 1.165) is 48.8 Å². The Labute approximate surface area is 143 Å². The van der Waals surface area contributed by atoms with Gasteiger partial charge in [0.2, 0.25) is 0 Å². The third kappa shape index (κ3) is 6.53. The van der Waals surface area contributed by atoms with Crippen LogP contribution in [-0.4, -0.2) is 45.5 Å². The van der Waals surface area contributed by atoms with Crippen molar-refractivity contribution >= 4 is 38.4 Å². The predicted molar refractivity (Wildman–Crippen MR) is 91.9 cm³/mol. The maximum atomic E-state index is 11.7. The Balaban J connectivity index is 1.58. The molecule has 6 heteroatoms. The zero-order valence-corrected chi connectivity index (χ0v) is 16.2. The first-order valence-electron chi connectivity index (χ1n) is 7.52. The molecule has 1 unspecified atom stereocenters. The molecule has 0 radical (unpaired) electrons. The van der Waals surface area contributed by atoms with Crippen LogP contribution < -0.4 is 10.2 Å². The third-order valence-electron chi connectivity index (χ3n) is 3.43. The van der Waals surface area contributed by atoms with Crippen molar-refractivity contribution in [1.82, 2.24) is 5.43 Å². The van der Waals surface area contributed by atoms with Crippen LogP contribution in [0.2, 0.25) is 10.1 Å². The molecule has 1 aliphatic rings. The fourth-order valence-corrected chi connectivity index (χ4v) is 11.6. The number of nitrogens with zero attached hydrogens (tertiary/aromatic N) is 1. The summed E-state index contributed by atoms with van der Waals surface area (Å²) in [5.41, 5.74) is 3.53. The van der Waals surface area contributed by atoms with Gasteiger partial charge < -0.3 is 4.74 Å². The van der Waals surface area contributed by atoms with Gasteiger partial charge >= 0.3 is 126 Å². The van der Waals surface area contributed by atoms with Crippen LogP contribution in [0.4, 0.5) is 0 Å². The van der Waals surface area contributed by atoms with Gasteiger partial charge in [0.15, 0.2) is 0 Å². The normalized spacial score (nSPS) is 17.8. The monoisotopic (exact) mass is 434 g/mol. The zero-order valence-electron chi connectivity index (χ0n) is 12.8. The van der Waals surface area contributed by atoms with Crippen LogP contribution in [0.1, 0.15) is 37.7 Å². The molecule has 1 heterocycles. The second-order valence-corrected chi connectivity index (χ2v) is 13.0. The van der Waals surface area contributed by atoms with E-state index < -0.39 is 0 Å². The first-order chi connectivity index (χ1) is 10.8. The van der Waals surface area contributed by atoms with Crippen LogP contribution >= 0.6 is 0 Å². The molecular weight excluding hydrogens is 410 g/mol. The summed E-state index contributed by atoms with van der Waals surface area (Å²) >= 11 is 1.89. The third-order valence-corrected chi connectivity index (χ3v) is 12.4. The van der Waals surface area contributed by atoms with Crippen LogP contribution in [0, 0.1) is 0 Å². The summed E-state index contributed by atoms with van der Waals surface area (Å²) < 4.78 is 5.09. The maximum absolute atomic E-state index is 11.7. The minimum atomic E-state index is 0.00547. The number of unbranched alkanes of at least 4 members (excludes halogenated alkanes) is 1. The molecule has 2 rings (SSSR count). The average Bonchev–Trinajstić information content (AvgIpc) is 3.06. The van der Waals surface area contributed by atoms with E-state index in [1.165, 1.54) is 24.6 Å². The van der Waals surface area contributed by atoms with Crippen LogP contribution in [0.25, 0.3) is 0 Å². The van der Waals surface area contributed by atoms with Crippen molar-refractivity contribution in [1.29, 1.82) is 0 Å². The molecule has 4 nitrogen and oxygen atoms in total. The molecule has 0 saturated carbocycles. The number of hydrogen-bond acceptors (Lipinski definition) is 3. The van der Waals surface area contributed by atoms with Gasteiger partial charge in [-0.3, -0.25) is 0 Å². The first-order valence-corrected chi connectivity index (χ1v) is 14.1. The topological polar surface area (TPSA) is 50.7 Å². The Bertz CT molecular complexity index is 485. The predicted octanol–water partition coefficient (Wildman–Crippen LogP) is 2.64. The van der Waals surface area contributed by atoms with Gasteiger partial charge in [0.1, 0.15) is 5.75 Å². The number of methoxy groups -OCH3 is 1. The molecule has 0 bridgehead atoms. The number of hydrogen-bond donors (Lipinski definition) is 1. The Kier molecular flexibility index (Phi) is 8.03. The molecule has 22 heavy (non-hydrogen) atoms. The molecule has 1 aromatic carbocycles.